The van der Waals surface area contributed by atoms with Crippen molar-refractivity contribution in [3.8, 4) is 0 Å². The van der Waals surface area contributed by atoms with Crippen LogP contribution in [0.4, 0.5) is 0 Å². The van der Waals surface area contributed by atoms with Crippen molar-refractivity contribution in [2.24, 2.45) is 0 Å². The molecule has 0 saturated carbocycles. The van der Waals surface area contributed by atoms with Crippen molar-refractivity contribution in [1.82, 2.24) is 0 Å². The Morgan fingerprint density at radius 1 is 1.44 bits per heavy atom. The fourth-order valence-corrected chi connectivity index (χ4v) is 4.55. The summed E-state index contributed by atoms with van der Waals surface area (Å²) < 4.78 is 24.8. The largest absolute Gasteiger partial charge is 0.393 e. The summed E-state index contributed by atoms with van der Waals surface area (Å²) in [4.78, 5) is 0.593. The Kier molecular flexibility index (Phi) is 2.94. The number of fused-ring (bicyclic) bond motifs is 1. The van der Waals surface area contributed by atoms with Gasteiger partial charge in [-0.2, -0.15) is 0 Å². The van der Waals surface area contributed by atoms with Crippen LogP contribution in [0.2, 0.25) is 0 Å². The topological polar surface area (TPSA) is 54.4 Å². The molecule has 1 N–H and O–H groups in total. The monoisotopic (exact) mass is 302 g/mol. The zero-order valence-electron chi connectivity index (χ0n) is 8.64. The molecular weight excluding hydrogens is 292 g/mol. The van der Waals surface area contributed by atoms with Crippen LogP contribution in [0.1, 0.15) is 18.9 Å². The van der Waals surface area contributed by atoms with Gasteiger partial charge in [0, 0.05) is 10.9 Å². The van der Waals surface area contributed by atoms with Crippen molar-refractivity contribution in [3.05, 3.63) is 33.1 Å². The summed E-state index contributed by atoms with van der Waals surface area (Å²) in [6, 6.07) is 5.25. The van der Waals surface area contributed by atoms with Crippen LogP contribution in [0.3, 0.4) is 0 Å². The molecule has 0 amide bonds. The van der Waals surface area contributed by atoms with Crippen molar-refractivity contribution >= 4 is 31.8 Å². The van der Waals surface area contributed by atoms with E-state index in [4.69, 9.17) is 0 Å². The van der Waals surface area contributed by atoms with Crippen molar-refractivity contribution in [2.45, 2.75) is 24.3 Å². The van der Waals surface area contributed by atoms with Crippen molar-refractivity contribution in [3.63, 3.8) is 0 Å². The van der Waals surface area contributed by atoms with E-state index < -0.39 is 15.9 Å². The summed E-state index contributed by atoms with van der Waals surface area (Å²) in [5.74, 6) is 0. The van der Waals surface area contributed by atoms with Crippen LogP contribution in [0.5, 0.6) is 0 Å². The third-order valence-corrected chi connectivity index (χ3v) is 5.32. The smallest absolute Gasteiger partial charge is 0.204 e. The lowest BCUT2D eigenvalue weighted by atomic mass is 10.2. The van der Waals surface area contributed by atoms with E-state index in [0.29, 0.717) is 14.9 Å². The van der Waals surface area contributed by atoms with Crippen LogP contribution >= 0.6 is 15.9 Å². The fraction of sp³-hybridized carbons (Fsp3) is 0.273. The highest BCUT2D eigenvalue weighted by atomic mass is 79.9. The van der Waals surface area contributed by atoms with E-state index in [0.717, 1.165) is 0 Å². The van der Waals surface area contributed by atoms with E-state index in [1.54, 1.807) is 31.2 Å². The summed E-state index contributed by atoms with van der Waals surface area (Å²) in [6.45, 7) is 1.58. The van der Waals surface area contributed by atoms with Crippen LogP contribution < -0.4 is 0 Å². The van der Waals surface area contributed by atoms with Crippen molar-refractivity contribution in [2.75, 3.05) is 0 Å². The number of hydrogen-bond acceptors (Lipinski definition) is 3. The molecule has 5 heteroatoms. The quantitative estimate of drug-likeness (QED) is 0.912. The third kappa shape index (κ3) is 1.83. The number of halogens is 1. The molecule has 1 aromatic rings. The number of hydrogen-bond donors (Lipinski definition) is 1. The highest BCUT2D eigenvalue weighted by Gasteiger charge is 2.31. The van der Waals surface area contributed by atoms with Gasteiger partial charge in [-0.05, 0) is 40.6 Å². The molecule has 0 saturated heterocycles. The van der Waals surface area contributed by atoms with Gasteiger partial charge in [0.05, 0.1) is 15.9 Å². The van der Waals surface area contributed by atoms with Gasteiger partial charge in [-0.25, -0.2) is 8.42 Å². The number of aliphatic hydroxyl groups excluding tert-OH is 1. The first-order chi connectivity index (χ1) is 7.43. The Labute approximate surface area is 103 Å². The van der Waals surface area contributed by atoms with Crippen LogP contribution in [0, 0.1) is 0 Å². The van der Waals surface area contributed by atoms with Gasteiger partial charge in [0.15, 0.2) is 0 Å². The maximum atomic E-state index is 12.1. The molecule has 1 unspecified atom stereocenters. The minimum atomic E-state index is -3.42. The number of benzene rings is 1. The first kappa shape index (κ1) is 11.8. The Hall–Kier alpha value is -0.650. The molecule has 0 bridgehead atoms. The molecule has 1 aliphatic heterocycles. The van der Waals surface area contributed by atoms with E-state index in [-0.39, 0.29) is 11.3 Å². The highest BCUT2D eigenvalue weighted by Crippen LogP contribution is 2.39. The van der Waals surface area contributed by atoms with E-state index in [1.165, 1.54) is 0 Å². The molecule has 1 atom stereocenters. The Morgan fingerprint density at radius 3 is 2.69 bits per heavy atom. The SMILES string of the molecule is CC(O)CC1=Cc2cccc(Br)c2S1(=O)=O. The van der Waals surface area contributed by atoms with Gasteiger partial charge >= 0.3 is 0 Å². The molecular formula is C11H11BrO3S. The molecule has 1 aromatic carbocycles. The molecule has 86 valence electrons. The average molecular weight is 303 g/mol. The minimum absolute atomic E-state index is 0.156. The normalized spacial score (nSPS) is 19.1. The minimum Gasteiger partial charge on any atom is -0.393 e. The second-order valence-corrected chi connectivity index (χ2v) is 6.62. The molecule has 2 rings (SSSR count). The molecule has 16 heavy (non-hydrogen) atoms. The summed E-state index contributed by atoms with van der Waals surface area (Å²) >= 11 is 3.24. The van der Waals surface area contributed by atoms with Crippen molar-refractivity contribution < 1.29 is 13.5 Å². The molecule has 0 aromatic heterocycles. The zero-order valence-corrected chi connectivity index (χ0v) is 11.0. The molecule has 0 spiro atoms. The lowest BCUT2D eigenvalue weighted by Gasteiger charge is -2.06. The predicted octanol–water partition coefficient (Wildman–Crippen LogP) is 2.35. The van der Waals surface area contributed by atoms with E-state index in [1.807, 2.05) is 0 Å². The van der Waals surface area contributed by atoms with E-state index in [9.17, 15) is 13.5 Å². The van der Waals surface area contributed by atoms with E-state index >= 15 is 0 Å². The standard InChI is InChI=1S/C11H11BrO3S/c1-7(13)5-9-6-8-3-2-4-10(12)11(8)16(9,14)15/h2-4,6-7,13H,5H2,1H3. The van der Waals surface area contributed by atoms with Crippen LogP contribution in [-0.4, -0.2) is 19.6 Å². The first-order valence-electron chi connectivity index (χ1n) is 4.85. The summed E-state index contributed by atoms with van der Waals surface area (Å²) in [7, 11) is -3.42. The Balaban J connectivity index is 2.56. The van der Waals surface area contributed by atoms with Gasteiger partial charge in [0.25, 0.3) is 0 Å². The Bertz CT molecular complexity index is 559. The third-order valence-electron chi connectivity index (χ3n) is 2.42. The number of rotatable bonds is 2. The van der Waals surface area contributed by atoms with Gasteiger partial charge in [0.2, 0.25) is 9.84 Å². The summed E-state index contributed by atoms with van der Waals surface area (Å²) in [5, 5.41) is 9.28. The van der Waals surface area contributed by atoms with Gasteiger partial charge in [0.1, 0.15) is 0 Å². The lowest BCUT2D eigenvalue weighted by molar-refractivity contribution is 0.197. The highest BCUT2D eigenvalue weighted by molar-refractivity contribution is 9.10. The van der Waals surface area contributed by atoms with E-state index in [2.05, 4.69) is 15.9 Å². The van der Waals surface area contributed by atoms with Crippen molar-refractivity contribution in [1.29, 1.82) is 0 Å². The van der Waals surface area contributed by atoms with Gasteiger partial charge in [-0.3, -0.25) is 0 Å². The summed E-state index contributed by atoms with van der Waals surface area (Å²) in [5.41, 5.74) is 0.685. The van der Waals surface area contributed by atoms with Gasteiger partial charge in [-0.15, -0.1) is 0 Å². The van der Waals surface area contributed by atoms with Crippen LogP contribution in [0.25, 0.3) is 6.08 Å². The molecule has 0 radical (unpaired) electrons. The molecule has 1 heterocycles. The lowest BCUT2D eigenvalue weighted by Crippen LogP contribution is -2.08. The molecule has 0 fully saturated rings. The Morgan fingerprint density at radius 2 is 2.12 bits per heavy atom. The number of aliphatic hydroxyl groups is 1. The van der Waals surface area contributed by atoms with Crippen LogP contribution in [0.15, 0.2) is 32.5 Å². The maximum Gasteiger partial charge on any atom is 0.204 e. The van der Waals surface area contributed by atoms with Gasteiger partial charge in [-0.1, -0.05) is 12.1 Å². The zero-order chi connectivity index (χ0) is 11.9. The molecule has 0 aliphatic carbocycles. The molecule has 3 nitrogen and oxygen atoms in total. The predicted molar refractivity (Wildman–Crippen MR) is 65.6 cm³/mol. The average Bonchev–Trinajstić information content (AvgIpc) is 2.38. The second kappa shape index (κ2) is 3.98. The maximum absolute atomic E-state index is 12.1. The fourth-order valence-electron chi connectivity index (χ4n) is 1.76. The molecule has 1 aliphatic rings. The van der Waals surface area contributed by atoms with Gasteiger partial charge < -0.3 is 5.11 Å². The van der Waals surface area contributed by atoms with Crippen LogP contribution in [-0.2, 0) is 9.84 Å². The number of sulfone groups is 1. The first-order valence-corrected chi connectivity index (χ1v) is 7.13. The summed E-state index contributed by atoms with van der Waals surface area (Å²) in [6.07, 6.45) is 1.13. The second-order valence-electron chi connectivity index (χ2n) is 3.83.